The van der Waals surface area contributed by atoms with E-state index in [1.54, 1.807) is 0 Å². The maximum Gasteiger partial charge on any atom is 0.140 e. The van der Waals surface area contributed by atoms with Crippen LogP contribution in [-0.4, -0.2) is 26.0 Å². The Labute approximate surface area is 105 Å². The Kier molecular flexibility index (Phi) is 2.95. The normalized spacial score (nSPS) is 15.4. The van der Waals surface area contributed by atoms with Crippen LogP contribution < -0.4 is 11.3 Å². The van der Waals surface area contributed by atoms with Gasteiger partial charge in [0.05, 0.1) is 12.2 Å². The molecule has 94 valence electrons. The molecule has 1 aliphatic heterocycles. The number of fused-ring (bicyclic) bond motifs is 1. The van der Waals surface area contributed by atoms with Crippen LogP contribution in [-0.2, 0) is 19.6 Å². The van der Waals surface area contributed by atoms with E-state index >= 15 is 0 Å². The van der Waals surface area contributed by atoms with E-state index in [9.17, 15) is 0 Å². The number of imidazole rings is 1. The van der Waals surface area contributed by atoms with Crippen molar-refractivity contribution in [2.45, 2.75) is 19.6 Å². The van der Waals surface area contributed by atoms with Gasteiger partial charge in [-0.3, -0.25) is 4.90 Å². The van der Waals surface area contributed by atoms with Crippen LogP contribution in [0.3, 0.4) is 0 Å². The van der Waals surface area contributed by atoms with Crippen LogP contribution in [0.1, 0.15) is 11.5 Å². The molecule has 0 saturated heterocycles. The van der Waals surface area contributed by atoms with Crippen molar-refractivity contribution in [2.75, 3.05) is 12.0 Å². The van der Waals surface area contributed by atoms with Gasteiger partial charge in [0.25, 0.3) is 0 Å². The zero-order valence-corrected chi connectivity index (χ0v) is 10.1. The first kappa shape index (κ1) is 11.2. The van der Waals surface area contributed by atoms with Crippen molar-refractivity contribution in [3.63, 3.8) is 0 Å². The summed E-state index contributed by atoms with van der Waals surface area (Å²) in [5.41, 5.74) is 3.59. The predicted molar refractivity (Wildman–Crippen MR) is 68.4 cm³/mol. The molecule has 2 aromatic rings. The highest BCUT2D eigenvalue weighted by Gasteiger charge is 2.16. The fourth-order valence-electron chi connectivity index (χ4n) is 2.24. The van der Waals surface area contributed by atoms with Crippen molar-refractivity contribution in [2.24, 2.45) is 5.84 Å². The minimum Gasteiger partial charge on any atom is -0.333 e. The van der Waals surface area contributed by atoms with E-state index in [1.165, 1.54) is 0 Å². The number of nitrogens with zero attached hydrogens (tertiary/aromatic N) is 4. The lowest BCUT2D eigenvalue weighted by molar-refractivity contribution is 0.206. The lowest BCUT2D eigenvalue weighted by Crippen LogP contribution is -2.33. The topological polar surface area (TPSA) is 72.0 Å². The second-order valence-electron chi connectivity index (χ2n) is 4.41. The average Bonchev–Trinajstić information content (AvgIpc) is 2.86. The Morgan fingerprint density at radius 1 is 1.33 bits per heavy atom. The first-order valence-corrected chi connectivity index (χ1v) is 6.00. The molecule has 3 rings (SSSR count). The van der Waals surface area contributed by atoms with Crippen molar-refractivity contribution in [1.82, 2.24) is 19.4 Å². The molecule has 0 aliphatic carbocycles. The van der Waals surface area contributed by atoms with Crippen LogP contribution in [0.2, 0.25) is 0 Å². The van der Waals surface area contributed by atoms with Crippen molar-refractivity contribution >= 4 is 5.82 Å². The zero-order valence-electron chi connectivity index (χ0n) is 10.1. The molecule has 3 heterocycles. The lowest BCUT2D eigenvalue weighted by Gasteiger charge is -2.27. The molecule has 0 spiro atoms. The molecule has 1 aliphatic rings. The van der Waals surface area contributed by atoms with Gasteiger partial charge in [0.2, 0.25) is 0 Å². The number of anilines is 1. The number of hydrogen-bond acceptors (Lipinski definition) is 5. The molecule has 0 fully saturated rings. The summed E-state index contributed by atoms with van der Waals surface area (Å²) in [6.07, 6.45) is 3.89. The molecule has 0 amide bonds. The fraction of sp³-hybridized carbons (Fsp3) is 0.333. The zero-order chi connectivity index (χ0) is 12.4. The van der Waals surface area contributed by atoms with E-state index in [0.29, 0.717) is 5.82 Å². The molecule has 0 saturated carbocycles. The molecule has 3 N–H and O–H groups in total. The van der Waals surface area contributed by atoms with Crippen molar-refractivity contribution in [1.29, 1.82) is 0 Å². The summed E-state index contributed by atoms with van der Waals surface area (Å²) < 4.78 is 2.20. The number of rotatable bonds is 3. The maximum atomic E-state index is 5.36. The number of nitrogen functional groups attached to an aromatic ring is 1. The summed E-state index contributed by atoms with van der Waals surface area (Å²) in [5.74, 6) is 7.18. The number of hydrazine groups is 1. The van der Waals surface area contributed by atoms with E-state index in [-0.39, 0.29) is 0 Å². The Balaban J connectivity index is 1.70. The summed E-state index contributed by atoms with van der Waals surface area (Å²) in [4.78, 5) is 11.1. The molecule has 0 bridgehead atoms. The Hall–Kier alpha value is -1.92. The summed E-state index contributed by atoms with van der Waals surface area (Å²) in [6, 6.07) is 5.83. The van der Waals surface area contributed by atoms with Gasteiger partial charge >= 0.3 is 0 Å². The minimum absolute atomic E-state index is 0.700. The smallest absolute Gasteiger partial charge is 0.140 e. The van der Waals surface area contributed by atoms with E-state index in [1.807, 2.05) is 30.6 Å². The minimum atomic E-state index is 0.700. The molecule has 0 unspecified atom stereocenters. The second-order valence-corrected chi connectivity index (χ2v) is 4.41. The van der Waals surface area contributed by atoms with Gasteiger partial charge in [-0.1, -0.05) is 6.07 Å². The highest BCUT2D eigenvalue weighted by molar-refractivity contribution is 5.33. The monoisotopic (exact) mass is 244 g/mol. The van der Waals surface area contributed by atoms with Crippen molar-refractivity contribution in [3.05, 3.63) is 42.1 Å². The highest BCUT2D eigenvalue weighted by atomic mass is 15.3. The van der Waals surface area contributed by atoms with Gasteiger partial charge in [-0.2, -0.15) is 0 Å². The average molecular weight is 244 g/mol. The van der Waals surface area contributed by atoms with E-state index in [2.05, 4.69) is 24.9 Å². The van der Waals surface area contributed by atoms with E-state index < -0.39 is 0 Å². The fourth-order valence-corrected chi connectivity index (χ4v) is 2.24. The van der Waals surface area contributed by atoms with Gasteiger partial charge in [0.15, 0.2) is 0 Å². The Morgan fingerprint density at radius 2 is 2.28 bits per heavy atom. The molecule has 0 radical (unpaired) electrons. The largest absolute Gasteiger partial charge is 0.333 e. The molecule has 18 heavy (non-hydrogen) atoms. The molecule has 0 aromatic carbocycles. The molecule has 6 nitrogen and oxygen atoms in total. The van der Waals surface area contributed by atoms with Gasteiger partial charge in [-0.25, -0.2) is 15.8 Å². The number of hydrogen-bond donors (Lipinski definition) is 2. The highest BCUT2D eigenvalue weighted by Crippen LogP contribution is 2.13. The van der Waals surface area contributed by atoms with Crippen LogP contribution in [0, 0.1) is 0 Å². The van der Waals surface area contributed by atoms with Crippen LogP contribution in [0.5, 0.6) is 0 Å². The van der Waals surface area contributed by atoms with Crippen LogP contribution in [0.15, 0.2) is 30.6 Å². The number of nitrogens with two attached hydrogens (primary N) is 1. The maximum absolute atomic E-state index is 5.36. The van der Waals surface area contributed by atoms with Gasteiger partial charge in [0, 0.05) is 32.0 Å². The van der Waals surface area contributed by atoms with Crippen LogP contribution in [0.25, 0.3) is 0 Å². The van der Waals surface area contributed by atoms with Gasteiger partial charge < -0.3 is 9.99 Å². The number of pyridine rings is 1. The van der Waals surface area contributed by atoms with Crippen LogP contribution in [0.4, 0.5) is 5.82 Å². The van der Waals surface area contributed by atoms with Crippen LogP contribution >= 0.6 is 0 Å². The number of nitrogens with one attached hydrogen (secondary N) is 1. The SMILES string of the molecule is NNc1cccc(CN2CCn3ccnc3C2)n1. The summed E-state index contributed by atoms with van der Waals surface area (Å²) in [6.45, 7) is 3.70. The van der Waals surface area contributed by atoms with E-state index in [0.717, 1.165) is 37.7 Å². The first-order valence-electron chi connectivity index (χ1n) is 6.00. The van der Waals surface area contributed by atoms with Gasteiger partial charge in [0.1, 0.15) is 11.6 Å². The summed E-state index contributed by atoms with van der Waals surface area (Å²) in [5, 5.41) is 0. The molecule has 2 aromatic heterocycles. The molecular weight excluding hydrogens is 228 g/mol. The third kappa shape index (κ3) is 2.20. The van der Waals surface area contributed by atoms with Gasteiger partial charge in [-0.05, 0) is 12.1 Å². The summed E-state index contributed by atoms with van der Waals surface area (Å²) in [7, 11) is 0. The van der Waals surface area contributed by atoms with Crippen molar-refractivity contribution in [3.8, 4) is 0 Å². The molecule has 0 atom stereocenters. The standard InChI is InChI=1S/C12H16N6/c13-16-11-3-1-2-10(15-11)8-17-6-7-18-5-4-14-12(18)9-17/h1-5H,6-9,13H2,(H,15,16). The lowest BCUT2D eigenvalue weighted by atomic mass is 10.3. The van der Waals surface area contributed by atoms with E-state index in [4.69, 9.17) is 5.84 Å². The quantitative estimate of drug-likeness (QED) is 0.610. The van der Waals surface area contributed by atoms with Crippen molar-refractivity contribution < 1.29 is 0 Å². The number of aromatic nitrogens is 3. The first-order chi connectivity index (χ1) is 8.85. The second kappa shape index (κ2) is 4.75. The van der Waals surface area contributed by atoms with Gasteiger partial charge in [-0.15, -0.1) is 0 Å². The Morgan fingerprint density at radius 3 is 3.17 bits per heavy atom. The molecule has 6 heteroatoms. The third-order valence-corrected chi connectivity index (χ3v) is 3.16. The third-order valence-electron chi connectivity index (χ3n) is 3.16. The summed E-state index contributed by atoms with van der Waals surface area (Å²) >= 11 is 0. The Bertz CT molecular complexity index is 535. The molecular formula is C12H16N6. The predicted octanol–water partition coefficient (Wildman–Crippen LogP) is 0.579.